The molecule has 0 spiro atoms. The minimum atomic E-state index is -1.26. The lowest BCUT2D eigenvalue weighted by Crippen LogP contribution is -2.57. The lowest BCUT2D eigenvalue weighted by molar-refractivity contribution is -0.142. The van der Waals surface area contributed by atoms with Gasteiger partial charge < -0.3 is 61.2 Å². The lowest BCUT2D eigenvalue weighted by atomic mass is 10.0. The van der Waals surface area contributed by atoms with Crippen LogP contribution in [0.1, 0.15) is 64.2 Å². The molecule has 0 aliphatic carbocycles. The summed E-state index contributed by atoms with van der Waals surface area (Å²) in [4.78, 5) is 58.6. The average molecular weight is 587 g/mol. The van der Waals surface area contributed by atoms with Crippen LogP contribution < -0.4 is 56.1 Å². The maximum Gasteiger partial charge on any atom is 0.326 e. The Kier molecular flexibility index (Phi) is 20.1. The van der Waals surface area contributed by atoms with Gasteiger partial charge in [0.25, 0.3) is 0 Å². The van der Waals surface area contributed by atoms with Crippen molar-refractivity contribution in [2.45, 2.75) is 88.4 Å². The number of nitrogens with one attached hydrogen (secondary N) is 3. The molecule has 0 heterocycles. The summed E-state index contributed by atoms with van der Waals surface area (Å²) in [6.45, 7) is 1.23. The number of aliphatic carboxylic acids is 1. The monoisotopic (exact) mass is 586 g/mol. The topological polar surface area (TPSA) is 331 Å². The van der Waals surface area contributed by atoms with Crippen LogP contribution >= 0.6 is 0 Å². The number of carbonyl (C=O) groups excluding carboxylic acids is 3. The molecule has 41 heavy (non-hydrogen) atoms. The van der Waals surface area contributed by atoms with Crippen LogP contribution in [0.3, 0.4) is 0 Å². The highest BCUT2D eigenvalue weighted by molar-refractivity contribution is 5.94. The van der Waals surface area contributed by atoms with Crippen molar-refractivity contribution in [2.24, 2.45) is 50.1 Å². The van der Waals surface area contributed by atoms with Crippen LogP contribution in [0.25, 0.3) is 0 Å². The highest BCUT2D eigenvalue weighted by atomic mass is 16.4. The van der Waals surface area contributed by atoms with Gasteiger partial charge in [-0.15, -0.1) is 0 Å². The molecule has 0 fully saturated rings. The van der Waals surface area contributed by atoms with Crippen LogP contribution in [-0.4, -0.2) is 91.1 Å². The van der Waals surface area contributed by atoms with Gasteiger partial charge in [0.05, 0.1) is 6.04 Å². The second-order valence-corrected chi connectivity index (χ2v) is 9.59. The van der Waals surface area contributed by atoms with Crippen LogP contribution in [0.5, 0.6) is 0 Å². The maximum atomic E-state index is 13.3. The number of guanidine groups is 2. The number of nitrogens with zero attached hydrogens (tertiary/aromatic N) is 2. The number of carboxylic acids is 1. The zero-order valence-electron chi connectivity index (χ0n) is 23.7. The summed E-state index contributed by atoms with van der Waals surface area (Å²) in [6.07, 6.45) is 3.91. The molecule has 0 aromatic carbocycles. The predicted molar refractivity (Wildman–Crippen MR) is 157 cm³/mol. The van der Waals surface area contributed by atoms with Gasteiger partial charge in [-0.2, -0.15) is 0 Å². The SMILES string of the molecule is NCCCCC(N)C(=O)NC(CCCCN)C(=O)NC(CCCN=C(N)N)C(=O)NC(CCCN=C(N)N)C(=O)O. The van der Waals surface area contributed by atoms with Gasteiger partial charge in [0, 0.05) is 13.1 Å². The fourth-order valence-electron chi connectivity index (χ4n) is 3.76. The molecule has 17 nitrogen and oxygen atoms in total. The fourth-order valence-corrected chi connectivity index (χ4v) is 3.76. The van der Waals surface area contributed by atoms with Gasteiger partial charge in [0.2, 0.25) is 17.7 Å². The minimum absolute atomic E-state index is 0.0480. The van der Waals surface area contributed by atoms with Crippen LogP contribution in [0.4, 0.5) is 0 Å². The number of nitrogens with two attached hydrogens (primary N) is 7. The standard InChI is InChI=1S/C24H50N12O5/c25-11-3-1-7-15(27)19(37)34-16(8-2-4-12-26)20(38)35-17(9-5-13-32-23(28)29)21(39)36-18(22(40)41)10-6-14-33-24(30)31/h15-18H,1-14,25-27H2,(H,34,37)(H,35,38)(H,36,39)(H,40,41)(H4,28,29,32)(H4,30,31,33). The van der Waals surface area contributed by atoms with Gasteiger partial charge in [0.15, 0.2) is 11.9 Å². The summed E-state index contributed by atoms with van der Waals surface area (Å²) in [7, 11) is 0. The summed E-state index contributed by atoms with van der Waals surface area (Å²) in [5, 5.41) is 17.4. The molecule has 17 heteroatoms. The second-order valence-electron chi connectivity index (χ2n) is 9.59. The molecule has 18 N–H and O–H groups in total. The zero-order valence-corrected chi connectivity index (χ0v) is 23.7. The molecule has 0 radical (unpaired) electrons. The molecular weight excluding hydrogens is 536 g/mol. The zero-order chi connectivity index (χ0) is 31.2. The number of rotatable bonds is 23. The Balaban J connectivity index is 5.63. The predicted octanol–water partition coefficient (Wildman–Crippen LogP) is -3.78. The number of hydrogen-bond donors (Lipinski definition) is 11. The van der Waals surface area contributed by atoms with Crippen molar-refractivity contribution in [2.75, 3.05) is 26.2 Å². The van der Waals surface area contributed by atoms with Crippen molar-refractivity contribution < 1.29 is 24.3 Å². The van der Waals surface area contributed by atoms with Gasteiger partial charge in [-0.3, -0.25) is 24.4 Å². The van der Waals surface area contributed by atoms with Crippen molar-refractivity contribution in [1.82, 2.24) is 16.0 Å². The van der Waals surface area contributed by atoms with Crippen molar-refractivity contribution in [1.29, 1.82) is 0 Å². The van der Waals surface area contributed by atoms with Gasteiger partial charge in [-0.1, -0.05) is 6.42 Å². The van der Waals surface area contributed by atoms with Crippen molar-refractivity contribution in [3.63, 3.8) is 0 Å². The third-order valence-electron chi connectivity index (χ3n) is 6.02. The Bertz CT molecular complexity index is 862. The molecular formula is C24H50N12O5. The molecule has 4 atom stereocenters. The van der Waals surface area contributed by atoms with E-state index >= 15 is 0 Å². The third kappa shape index (κ3) is 18.3. The van der Waals surface area contributed by atoms with Gasteiger partial charge in [0.1, 0.15) is 18.1 Å². The first kappa shape index (κ1) is 37.3. The van der Waals surface area contributed by atoms with E-state index in [-0.39, 0.29) is 50.7 Å². The Hall–Kier alpha value is -3.70. The Morgan fingerprint density at radius 1 is 0.585 bits per heavy atom. The Morgan fingerprint density at radius 2 is 0.976 bits per heavy atom. The molecule has 0 aromatic heterocycles. The van der Waals surface area contributed by atoms with Gasteiger partial charge in [-0.05, 0) is 70.9 Å². The van der Waals surface area contributed by atoms with E-state index in [2.05, 4.69) is 25.9 Å². The van der Waals surface area contributed by atoms with Crippen molar-refractivity contribution >= 4 is 35.6 Å². The van der Waals surface area contributed by atoms with E-state index in [9.17, 15) is 24.3 Å². The van der Waals surface area contributed by atoms with E-state index in [0.29, 0.717) is 51.6 Å². The first-order valence-electron chi connectivity index (χ1n) is 13.8. The smallest absolute Gasteiger partial charge is 0.326 e. The fraction of sp³-hybridized carbons (Fsp3) is 0.750. The number of unbranched alkanes of at least 4 members (excludes halogenated alkanes) is 2. The highest BCUT2D eigenvalue weighted by Crippen LogP contribution is 2.07. The first-order valence-corrected chi connectivity index (χ1v) is 13.8. The summed E-state index contributed by atoms with van der Waals surface area (Å²) < 4.78 is 0. The van der Waals surface area contributed by atoms with Crippen molar-refractivity contribution in [3.05, 3.63) is 0 Å². The molecule has 236 valence electrons. The average Bonchev–Trinajstić information content (AvgIpc) is 2.90. The van der Waals surface area contributed by atoms with Crippen LogP contribution in [-0.2, 0) is 19.2 Å². The number of carbonyl (C=O) groups is 4. The van der Waals surface area contributed by atoms with E-state index in [0.717, 1.165) is 0 Å². The van der Waals surface area contributed by atoms with Crippen molar-refractivity contribution in [3.8, 4) is 0 Å². The number of hydrogen-bond acceptors (Lipinski definition) is 9. The van der Waals surface area contributed by atoms with Gasteiger partial charge in [-0.25, -0.2) is 4.79 Å². The first-order chi connectivity index (χ1) is 19.4. The molecule has 0 aromatic rings. The van der Waals surface area contributed by atoms with E-state index in [4.69, 9.17) is 40.1 Å². The Labute approximate surface area is 240 Å². The maximum absolute atomic E-state index is 13.3. The largest absolute Gasteiger partial charge is 0.480 e. The second kappa shape index (κ2) is 22.0. The molecule has 3 amide bonds. The van der Waals surface area contributed by atoms with Crippen LogP contribution in [0.15, 0.2) is 9.98 Å². The quantitative estimate of drug-likeness (QED) is 0.0312. The van der Waals surface area contributed by atoms with Gasteiger partial charge >= 0.3 is 5.97 Å². The van der Waals surface area contributed by atoms with E-state index < -0.39 is 47.9 Å². The third-order valence-corrected chi connectivity index (χ3v) is 6.02. The van der Waals surface area contributed by atoms with Crippen LogP contribution in [0.2, 0.25) is 0 Å². The molecule has 0 aliphatic heterocycles. The van der Waals surface area contributed by atoms with E-state index in [1.165, 1.54) is 0 Å². The molecule has 0 rings (SSSR count). The summed E-state index contributed by atoms with van der Waals surface area (Å²) in [5.74, 6) is -3.37. The Morgan fingerprint density at radius 3 is 1.41 bits per heavy atom. The molecule has 0 bridgehead atoms. The lowest BCUT2D eigenvalue weighted by Gasteiger charge is -2.25. The molecule has 0 aliphatic rings. The summed E-state index contributed by atoms with van der Waals surface area (Å²) in [6, 6.07) is -4.21. The van der Waals surface area contributed by atoms with E-state index in [1.807, 2.05) is 0 Å². The number of aliphatic imine (C=N–C) groups is 2. The highest BCUT2D eigenvalue weighted by Gasteiger charge is 2.30. The molecule has 0 saturated heterocycles. The van der Waals surface area contributed by atoms with Crippen LogP contribution in [0, 0.1) is 0 Å². The minimum Gasteiger partial charge on any atom is -0.480 e. The van der Waals surface area contributed by atoms with E-state index in [1.54, 1.807) is 0 Å². The number of carboxylic acid groups (broad SMARTS) is 1. The summed E-state index contributed by atoms with van der Waals surface area (Å²) in [5.41, 5.74) is 38.3. The summed E-state index contributed by atoms with van der Waals surface area (Å²) >= 11 is 0. The molecule has 4 unspecified atom stereocenters. The normalized spacial score (nSPS) is 13.6. The number of amides is 3. The molecule has 0 saturated carbocycles.